The molecule has 2 heterocycles. The van der Waals surface area contributed by atoms with E-state index in [1.54, 1.807) is 13.0 Å². The second-order valence-electron chi connectivity index (χ2n) is 5.75. The molecule has 1 aromatic carbocycles. The molecule has 5 nitrogen and oxygen atoms in total. The van der Waals surface area contributed by atoms with Crippen molar-refractivity contribution >= 4 is 11.6 Å². The highest BCUT2D eigenvalue weighted by Crippen LogP contribution is 2.33. The summed E-state index contributed by atoms with van der Waals surface area (Å²) in [6, 6.07) is 5.37. The molecule has 1 N–H and O–H groups in total. The van der Waals surface area contributed by atoms with Crippen LogP contribution >= 0.6 is 11.6 Å². The molecule has 23 heavy (non-hydrogen) atoms. The minimum atomic E-state index is -0.375. The summed E-state index contributed by atoms with van der Waals surface area (Å²) < 4.78 is 18.8. The van der Waals surface area contributed by atoms with Crippen LogP contribution in [0.25, 0.3) is 0 Å². The minimum absolute atomic E-state index is 0.111. The normalized spacial score (nSPS) is 21.9. The second-order valence-corrected chi connectivity index (χ2v) is 6.16. The molecule has 0 saturated carbocycles. The molecule has 0 unspecified atom stereocenters. The molecular formula is C16H20ClFN4O. The van der Waals surface area contributed by atoms with E-state index in [4.69, 9.17) is 16.1 Å². The van der Waals surface area contributed by atoms with Crippen LogP contribution in [0, 0.1) is 12.7 Å². The molecule has 0 amide bonds. The van der Waals surface area contributed by atoms with Crippen LogP contribution in [0.2, 0.25) is 5.02 Å². The first-order valence-electron chi connectivity index (χ1n) is 7.80. The molecule has 1 saturated heterocycles. The Hall–Kier alpha value is -1.50. The molecule has 2 aromatic rings. The Bertz CT molecular complexity index is 678. The highest BCUT2D eigenvalue weighted by molar-refractivity contribution is 6.30. The average Bonchev–Trinajstić information content (AvgIpc) is 3.13. The second kappa shape index (κ2) is 6.95. The van der Waals surface area contributed by atoms with Gasteiger partial charge in [-0.2, -0.15) is 4.98 Å². The summed E-state index contributed by atoms with van der Waals surface area (Å²) in [6.45, 7) is 6.29. The molecule has 1 aromatic heterocycles. The Labute approximate surface area is 139 Å². The van der Waals surface area contributed by atoms with Crippen LogP contribution in [0.3, 0.4) is 0 Å². The van der Waals surface area contributed by atoms with Crippen molar-refractivity contribution in [3.63, 3.8) is 0 Å². The highest BCUT2D eigenvalue weighted by Gasteiger charge is 2.34. The SMILES string of the molecule is CCN1CC[C@@H](NCc2noc(C)n2)[C@@H]1c1ccc(Cl)c(F)c1. The lowest BCUT2D eigenvalue weighted by atomic mass is 10.00. The van der Waals surface area contributed by atoms with Gasteiger partial charge < -0.3 is 9.84 Å². The molecule has 1 fully saturated rings. The Morgan fingerprint density at radius 2 is 2.30 bits per heavy atom. The van der Waals surface area contributed by atoms with Crippen molar-refractivity contribution in [3.8, 4) is 0 Å². The van der Waals surface area contributed by atoms with Gasteiger partial charge in [-0.1, -0.05) is 29.7 Å². The largest absolute Gasteiger partial charge is 0.340 e. The fourth-order valence-corrected chi connectivity index (χ4v) is 3.32. The number of halogens is 2. The zero-order valence-electron chi connectivity index (χ0n) is 13.2. The van der Waals surface area contributed by atoms with Crippen molar-refractivity contribution in [2.45, 2.75) is 38.9 Å². The zero-order chi connectivity index (χ0) is 16.4. The number of nitrogens with zero attached hydrogens (tertiary/aromatic N) is 3. The van der Waals surface area contributed by atoms with E-state index in [9.17, 15) is 4.39 Å². The quantitative estimate of drug-likeness (QED) is 0.908. The molecule has 0 aliphatic carbocycles. The number of hydrogen-bond donors (Lipinski definition) is 1. The van der Waals surface area contributed by atoms with Gasteiger partial charge in [0.2, 0.25) is 5.89 Å². The summed E-state index contributed by atoms with van der Waals surface area (Å²) >= 11 is 5.81. The molecular weight excluding hydrogens is 319 g/mol. The summed E-state index contributed by atoms with van der Waals surface area (Å²) in [5.41, 5.74) is 0.938. The Kier molecular flexibility index (Phi) is 4.94. The van der Waals surface area contributed by atoms with Crippen molar-refractivity contribution in [2.75, 3.05) is 13.1 Å². The fraction of sp³-hybridized carbons (Fsp3) is 0.500. The van der Waals surface area contributed by atoms with Gasteiger partial charge >= 0.3 is 0 Å². The lowest BCUT2D eigenvalue weighted by molar-refractivity contribution is 0.247. The van der Waals surface area contributed by atoms with Gasteiger partial charge in [-0.3, -0.25) is 4.90 Å². The van der Waals surface area contributed by atoms with Crippen molar-refractivity contribution in [1.82, 2.24) is 20.4 Å². The van der Waals surface area contributed by atoms with Crippen molar-refractivity contribution in [2.24, 2.45) is 0 Å². The van der Waals surface area contributed by atoms with E-state index in [0.29, 0.717) is 18.3 Å². The van der Waals surface area contributed by atoms with Gasteiger partial charge in [0.15, 0.2) is 5.82 Å². The van der Waals surface area contributed by atoms with Crippen LogP contribution in [0.5, 0.6) is 0 Å². The first-order valence-corrected chi connectivity index (χ1v) is 8.18. The zero-order valence-corrected chi connectivity index (χ0v) is 14.0. The third-order valence-corrected chi connectivity index (χ3v) is 4.59. The van der Waals surface area contributed by atoms with E-state index in [0.717, 1.165) is 25.1 Å². The molecule has 0 bridgehead atoms. The molecule has 124 valence electrons. The molecule has 7 heteroatoms. The van der Waals surface area contributed by atoms with Crippen molar-refractivity contribution < 1.29 is 8.91 Å². The van der Waals surface area contributed by atoms with E-state index in [-0.39, 0.29) is 22.9 Å². The van der Waals surface area contributed by atoms with Crippen molar-refractivity contribution in [3.05, 3.63) is 46.3 Å². The number of aryl methyl sites for hydroxylation is 1. The first kappa shape index (κ1) is 16.4. The molecule has 3 rings (SSSR count). The van der Waals surface area contributed by atoms with Gasteiger partial charge in [-0.25, -0.2) is 4.39 Å². The summed E-state index contributed by atoms with van der Waals surface area (Å²) in [5, 5.41) is 7.53. The maximum Gasteiger partial charge on any atom is 0.223 e. The first-order chi connectivity index (χ1) is 11.1. The number of likely N-dealkylation sites (N-methyl/N-ethyl adjacent to an activating group) is 1. The minimum Gasteiger partial charge on any atom is -0.340 e. The van der Waals surface area contributed by atoms with Crippen molar-refractivity contribution in [1.29, 1.82) is 0 Å². The van der Waals surface area contributed by atoms with Gasteiger partial charge in [0.25, 0.3) is 0 Å². The number of benzene rings is 1. The monoisotopic (exact) mass is 338 g/mol. The van der Waals surface area contributed by atoms with Crippen LogP contribution in [0.1, 0.15) is 36.7 Å². The standard InChI is InChI=1S/C16H20ClFN4O/c1-3-22-7-6-14(19-9-15-20-10(2)23-21-15)16(22)11-4-5-12(17)13(18)8-11/h4-5,8,14,16,19H,3,6-7,9H2,1-2H3/t14-,16+/m1/s1. The van der Waals surface area contributed by atoms with E-state index in [1.165, 1.54) is 6.07 Å². The van der Waals surface area contributed by atoms with Crippen LogP contribution in [0.4, 0.5) is 4.39 Å². The third kappa shape index (κ3) is 3.54. The van der Waals surface area contributed by atoms with Crippen LogP contribution in [-0.4, -0.2) is 34.2 Å². The van der Waals surface area contributed by atoms with E-state index >= 15 is 0 Å². The van der Waals surface area contributed by atoms with Gasteiger partial charge in [0.1, 0.15) is 5.82 Å². The molecule has 1 aliphatic rings. The van der Waals surface area contributed by atoms with E-state index in [1.807, 2.05) is 6.07 Å². The number of hydrogen-bond acceptors (Lipinski definition) is 5. The van der Waals surface area contributed by atoms with Crippen LogP contribution in [-0.2, 0) is 6.54 Å². The maximum absolute atomic E-state index is 13.8. The van der Waals surface area contributed by atoms with Gasteiger partial charge in [0.05, 0.1) is 17.6 Å². The molecule has 1 aliphatic heterocycles. The lowest BCUT2D eigenvalue weighted by Crippen LogP contribution is -2.36. The number of aromatic nitrogens is 2. The molecule has 0 radical (unpaired) electrons. The Morgan fingerprint density at radius 3 is 2.96 bits per heavy atom. The fourth-order valence-electron chi connectivity index (χ4n) is 3.20. The summed E-state index contributed by atoms with van der Waals surface area (Å²) in [7, 11) is 0. The predicted octanol–water partition coefficient (Wildman–Crippen LogP) is 3.10. The van der Waals surface area contributed by atoms with E-state index in [2.05, 4.69) is 27.3 Å². The summed E-state index contributed by atoms with van der Waals surface area (Å²) in [5.74, 6) is 0.817. The summed E-state index contributed by atoms with van der Waals surface area (Å²) in [6.07, 6.45) is 0.986. The number of nitrogens with one attached hydrogen (secondary N) is 1. The van der Waals surface area contributed by atoms with Gasteiger partial charge in [-0.15, -0.1) is 0 Å². The smallest absolute Gasteiger partial charge is 0.223 e. The van der Waals surface area contributed by atoms with Gasteiger partial charge in [-0.05, 0) is 30.7 Å². The topological polar surface area (TPSA) is 54.2 Å². The Morgan fingerprint density at radius 1 is 1.48 bits per heavy atom. The highest BCUT2D eigenvalue weighted by atomic mass is 35.5. The Balaban J connectivity index is 1.76. The lowest BCUT2D eigenvalue weighted by Gasteiger charge is -2.28. The van der Waals surface area contributed by atoms with Crippen LogP contribution in [0.15, 0.2) is 22.7 Å². The average molecular weight is 339 g/mol. The molecule has 0 spiro atoms. The van der Waals surface area contributed by atoms with E-state index < -0.39 is 0 Å². The number of rotatable bonds is 5. The van der Waals surface area contributed by atoms with Gasteiger partial charge in [0, 0.05) is 19.5 Å². The van der Waals surface area contributed by atoms with Crippen LogP contribution < -0.4 is 5.32 Å². The third-order valence-electron chi connectivity index (χ3n) is 4.29. The summed E-state index contributed by atoms with van der Waals surface area (Å²) in [4.78, 5) is 6.54. The predicted molar refractivity (Wildman–Crippen MR) is 85.7 cm³/mol. The maximum atomic E-state index is 13.8. The molecule has 2 atom stereocenters. The number of likely N-dealkylation sites (tertiary alicyclic amines) is 1.